The molecule has 32 heavy (non-hydrogen) atoms. The van der Waals surface area contributed by atoms with E-state index in [0.717, 1.165) is 4.90 Å². The molecular formula is C24H17ClN2O5. The Morgan fingerprint density at radius 2 is 1.62 bits per heavy atom. The van der Waals surface area contributed by atoms with Gasteiger partial charge in [-0.15, -0.1) is 0 Å². The monoisotopic (exact) mass is 448 g/mol. The lowest BCUT2D eigenvalue weighted by Gasteiger charge is -2.15. The zero-order valence-corrected chi connectivity index (χ0v) is 17.7. The molecule has 3 aromatic carbocycles. The third-order valence-corrected chi connectivity index (χ3v) is 5.44. The Morgan fingerprint density at radius 3 is 2.34 bits per heavy atom. The van der Waals surface area contributed by atoms with E-state index in [2.05, 4.69) is 5.32 Å². The predicted molar refractivity (Wildman–Crippen MR) is 120 cm³/mol. The van der Waals surface area contributed by atoms with Gasteiger partial charge in [0.15, 0.2) is 11.5 Å². The van der Waals surface area contributed by atoms with E-state index in [0.29, 0.717) is 39.2 Å². The van der Waals surface area contributed by atoms with E-state index < -0.39 is 11.8 Å². The molecule has 2 heterocycles. The zero-order chi connectivity index (χ0) is 22.2. The van der Waals surface area contributed by atoms with Gasteiger partial charge in [-0.05, 0) is 54.1 Å². The first-order valence-electron chi connectivity index (χ1n) is 9.75. The van der Waals surface area contributed by atoms with Crippen molar-refractivity contribution in [3.05, 3.63) is 83.0 Å². The van der Waals surface area contributed by atoms with E-state index in [-0.39, 0.29) is 18.1 Å². The number of rotatable bonds is 5. The van der Waals surface area contributed by atoms with Crippen LogP contribution in [0.1, 0.15) is 5.56 Å². The second-order valence-electron chi connectivity index (χ2n) is 7.09. The van der Waals surface area contributed by atoms with Crippen LogP contribution in [0.25, 0.3) is 5.57 Å². The van der Waals surface area contributed by atoms with Crippen molar-refractivity contribution in [2.24, 2.45) is 0 Å². The maximum Gasteiger partial charge on any atom is 0.282 e. The van der Waals surface area contributed by atoms with Crippen molar-refractivity contribution in [2.45, 2.75) is 0 Å². The third kappa shape index (κ3) is 3.42. The summed E-state index contributed by atoms with van der Waals surface area (Å²) in [5.74, 6) is 0.918. The highest BCUT2D eigenvalue weighted by atomic mass is 35.5. The van der Waals surface area contributed by atoms with Gasteiger partial charge in [0.05, 0.1) is 18.4 Å². The van der Waals surface area contributed by atoms with Crippen LogP contribution < -0.4 is 24.4 Å². The number of halogens is 1. The van der Waals surface area contributed by atoms with E-state index in [9.17, 15) is 9.59 Å². The molecule has 0 spiro atoms. The smallest absolute Gasteiger partial charge is 0.282 e. The molecule has 2 aliphatic rings. The van der Waals surface area contributed by atoms with Crippen LogP contribution in [0.15, 0.2) is 72.4 Å². The molecule has 5 rings (SSSR count). The number of ether oxygens (including phenoxy) is 3. The van der Waals surface area contributed by atoms with Crippen LogP contribution in [-0.4, -0.2) is 25.7 Å². The topological polar surface area (TPSA) is 77.1 Å². The first kappa shape index (κ1) is 20.0. The quantitative estimate of drug-likeness (QED) is 0.580. The van der Waals surface area contributed by atoms with Crippen molar-refractivity contribution in [3.8, 4) is 17.2 Å². The molecule has 8 heteroatoms. The minimum atomic E-state index is -0.471. The van der Waals surface area contributed by atoms with Crippen LogP contribution >= 0.6 is 11.6 Å². The number of benzene rings is 3. The average Bonchev–Trinajstić information content (AvgIpc) is 3.37. The second kappa shape index (κ2) is 7.94. The summed E-state index contributed by atoms with van der Waals surface area (Å²) in [7, 11) is 1.56. The summed E-state index contributed by atoms with van der Waals surface area (Å²) in [6.07, 6.45) is 0. The number of nitrogens with one attached hydrogen (secondary N) is 1. The summed E-state index contributed by atoms with van der Waals surface area (Å²) in [5, 5.41) is 3.62. The highest BCUT2D eigenvalue weighted by Gasteiger charge is 2.40. The number of fused-ring (bicyclic) bond motifs is 1. The van der Waals surface area contributed by atoms with Gasteiger partial charge < -0.3 is 19.5 Å². The number of amides is 2. The Kier molecular flexibility index (Phi) is 4.95. The van der Waals surface area contributed by atoms with Crippen LogP contribution in [0.4, 0.5) is 11.4 Å². The summed E-state index contributed by atoms with van der Waals surface area (Å²) in [5.41, 5.74) is 2.02. The van der Waals surface area contributed by atoms with Gasteiger partial charge in [0.1, 0.15) is 11.4 Å². The van der Waals surface area contributed by atoms with Crippen molar-refractivity contribution < 1.29 is 23.8 Å². The Balaban J connectivity index is 1.58. The SMILES string of the molecule is COc1ccc(C2=C(Nc3ccc4c(c3)OCO4)C(=O)N(c3ccc(Cl)cc3)C2=O)cc1. The summed E-state index contributed by atoms with van der Waals surface area (Å²) < 4.78 is 16.0. The number of nitrogens with zero attached hydrogens (tertiary/aromatic N) is 1. The number of methoxy groups -OCH3 is 1. The second-order valence-corrected chi connectivity index (χ2v) is 7.53. The van der Waals surface area contributed by atoms with Crippen molar-refractivity contribution >= 4 is 40.4 Å². The van der Waals surface area contributed by atoms with E-state index in [1.807, 2.05) is 0 Å². The highest BCUT2D eigenvalue weighted by molar-refractivity contribution is 6.46. The van der Waals surface area contributed by atoms with E-state index >= 15 is 0 Å². The molecule has 3 aromatic rings. The average molecular weight is 449 g/mol. The van der Waals surface area contributed by atoms with Gasteiger partial charge in [0.2, 0.25) is 6.79 Å². The van der Waals surface area contributed by atoms with Gasteiger partial charge in [-0.25, -0.2) is 4.90 Å². The molecule has 1 N–H and O–H groups in total. The van der Waals surface area contributed by atoms with Crippen LogP contribution in [0.3, 0.4) is 0 Å². The van der Waals surface area contributed by atoms with Crippen LogP contribution in [0.5, 0.6) is 17.2 Å². The number of carbonyl (C=O) groups excluding carboxylic acids is 2. The lowest BCUT2D eigenvalue weighted by atomic mass is 10.0. The number of carbonyl (C=O) groups is 2. The third-order valence-electron chi connectivity index (χ3n) is 5.19. The Morgan fingerprint density at radius 1 is 0.906 bits per heavy atom. The molecule has 0 aliphatic carbocycles. The number of imide groups is 1. The lowest BCUT2D eigenvalue weighted by molar-refractivity contribution is -0.120. The van der Waals surface area contributed by atoms with Gasteiger partial charge in [-0.2, -0.15) is 0 Å². The molecule has 2 amide bonds. The molecule has 0 radical (unpaired) electrons. The van der Waals surface area contributed by atoms with E-state index in [1.165, 1.54) is 0 Å². The van der Waals surface area contributed by atoms with Gasteiger partial charge in [-0.3, -0.25) is 9.59 Å². The minimum Gasteiger partial charge on any atom is -0.497 e. The largest absolute Gasteiger partial charge is 0.497 e. The summed E-state index contributed by atoms with van der Waals surface area (Å²) in [6.45, 7) is 0.139. The zero-order valence-electron chi connectivity index (χ0n) is 16.9. The summed E-state index contributed by atoms with van der Waals surface area (Å²) >= 11 is 5.98. The number of hydrogen-bond acceptors (Lipinski definition) is 6. The molecule has 0 saturated carbocycles. The van der Waals surface area contributed by atoms with E-state index in [4.69, 9.17) is 25.8 Å². The fourth-order valence-electron chi connectivity index (χ4n) is 3.61. The predicted octanol–water partition coefficient (Wildman–Crippen LogP) is 4.47. The van der Waals surface area contributed by atoms with Gasteiger partial charge >= 0.3 is 0 Å². The van der Waals surface area contributed by atoms with Crippen molar-refractivity contribution in [2.75, 3.05) is 24.1 Å². The molecular weight excluding hydrogens is 432 g/mol. The standard InChI is InChI=1S/C24H17ClN2O5/c1-30-18-9-2-14(3-10-18)21-22(26-16-6-11-19-20(12-16)32-13-31-19)24(29)27(23(21)28)17-7-4-15(25)5-8-17/h2-12,26H,13H2,1H3. The fourth-order valence-corrected chi connectivity index (χ4v) is 3.74. The molecule has 0 aromatic heterocycles. The normalized spacial score (nSPS) is 14.9. The van der Waals surface area contributed by atoms with Crippen molar-refractivity contribution in [1.82, 2.24) is 0 Å². The number of hydrogen-bond donors (Lipinski definition) is 1. The molecule has 0 unspecified atom stereocenters. The van der Waals surface area contributed by atoms with Crippen LogP contribution in [0, 0.1) is 0 Å². The molecule has 0 fully saturated rings. The Hall–Kier alpha value is -3.97. The van der Waals surface area contributed by atoms with Crippen molar-refractivity contribution in [1.29, 1.82) is 0 Å². The molecule has 160 valence electrons. The maximum atomic E-state index is 13.4. The maximum absolute atomic E-state index is 13.4. The van der Waals surface area contributed by atoms with Gasteiger partial charge in [0, 0.05) is 16.8 Å². The molecule has 0 saturated heterocycles. The van der Waals surface area contributed by atoms with Crippen molar-refractivity contribution in [3.63, 3.8) is 0 Å². The Bertz CT molecular complexity index is 1250. The van der Waals surface area contributed by atoms with Gasteiger partial charge in [0.25, 0.3) is 11.8 Å². The highest BCUT2D eigenvalue weighted by Crippen LogP contribution is 2.38. The summed E-state index contributed by atoms with van der Waals surface area (Å²) in [6, 6.07) is 18.7. The number of anilines is 2. The first-order valence-corrected chi connectivity index (χ1v) is 10.1. The molecule has 0 bridgehead atoms. The van der Waals surface area contributed by atoms with Crippen LogP contribution in [-0.2, 0) is 9.59 Å². The minimum absolute atomic E-state index is 0.139. The van der Waals surface area contributed by atoms with Gasteiger partial charge in [-0.1, -0.05) is 23.7 Å². The van der Waals surface area contributed by atoms with Crippen LogP contribution in [0.2, 0.25) is 5.02 Å². The molecule has 7 nitrogen and oxygen atoms in total. The lowest BCUT2D eigenvalue weighted by Crippen LogP contribution is -2.32. The van der Waals surface area contributed by atoms with E-state index in [1.54, 1.807) is 73.8 Å². The Labute approximate surface area is 188 Å². The molecule has 2 aliphatic heterocycles. The first-order chi connectivity index (χ1) is 15.5. The summed E-state index contributed by atoms with van der Waals surface area (Å²) in [4.78, 5) is 28.0. The fraction of sp³-hybridized carbons (Fsp3) is 0.0833. The molecule has 0 atom stereocenters.